The minimum Gasteiger partial charge on any atom is -0.491 e. The van der Waals surface area contributed by atoms with E-state index in [0.717, 1.165) is 10.9 Å². The van der Waals surface area contributed by atoms with Crippen LogP contribution >= 0.6 is 27.5 Å². The van der Waals surface area contributed by atoms with Crippen molar-refractivity contribution in [3.05, 3.63) is 28.8 Å². The zero-order valence-electron chi connectivity index (χ0n) is 9.54. The minimum absolute atomic E-state index is 0.228. The molecule has 0 amide bonds. The highest BCUT2D eigenvalue weighted by atomic mass is 79.9. The van der Waals surface area contributed by atoms with E-state index in [-0.39, 0.29) is 12.4 Å². The summed E-state index contributed by atoms with van der Waals surface area (Å²) in [6.07, 6.45) is 0.228. The summed E-state index contributed by atoms with van der Waals surface area (Å²) in [5.74, 6) is 0.372. The lowest BCUT2D eigenvalue weighted by Crippen LogP contribution is -2.07. The molecule has 94 valence electrons. The summed E-state index contributed by atoms with van der Waals surface area (Å²) in [7, 11) is 0. The lowest BCUT2D eigenvalue weighted by atomic mass is 10.1. The van der Waals surface area contributed by atoms with Crippen LogP contribution in [-0.4, -0.2) is 24.5 Å². The van der Waals surface area contributed by atoms with Crippen molar-refractivity contribution >= 4 is 33.5 Å². The first kappa shape index (κ1) is 14.3. The molecule has 5 heteroatoms. The number of carbonyl (C=O) groups is 1. The van der Waals surface area contributed by atoms with Crippen LogP contribution in [0, 0.1) is 0 Å². The summed E-state index contributed by atoms with van der Waals surface area (Å²) >= 11 is 9.30. The third kappa shape index (κ3) is 4.96. The van der Waals surface area contributed by atoms with Gasteiger partial charge in [0.2, 0.25) is 0 Å². The van der Waals surface area contributed by atoms with Gasteiger partial charge in [0, 0.05) is 5.33 Å². The smallest absolute Gasteiger partial charge is 0.310 e. The van der Waals surface area contributed by atoms with Gasteiger partial charge in [-0.2, -0.15) is 0 Å². The maximum atomic E-state index is 11.3. The maximum Gasteiger partial charge on any atom is 0.310 e. The molecule has 0 radical (unpaired) electrons. The Bertz CT molecular complexity index is 382. The fraction of sp³-hybridized carbons (Fsp3) is 0.417. The Hall–Kier alpha value is -0.740. The molecule has 3 nitrogen and oxygen atoms in total. The van der Waals surface area contributed by atoms with Gasteiger partial charge in [-0.3, -0.25) is 4.79 Å². The van der Waals surface area contributed by atoms with Gasteiger partial charge in [-0.25, -0.2) is 0 Å². The van der Waals surface area contributed by atoms with Crippen LogP contribution in [0.4, 0.5) is 0 Å². The number of esters is 1. The van der Waals surface area contributed by atoms with Gasteiger partial charge in [0.15, 0.2) is 0 Å². The molecule has 1 aromatic carbocycles. The van der Waals surface area contributed by atoms with Crippen LogP contribution < -0.4 is 4.74 Å². The van der Waals surface area contributed by atoms with Gasteiger partial charge in [0.25, 0.3) is 0 Å². The monoisotopic (exact) mass is 320 g/mol. The van der Waals surface area contributed by atoms with E-state index < -0.39 is 0 Å². The summed E-state index contributed by atoms with van der Waals surface area (Å²) < 4.78 is 10.3. The van der Waals surface area contributed by atoms with Crippen molar-refractivity contribution < 1.29 is 14.3 Å². The van der Waals surface area contributed by atoms with Gasteiger partial charge in [-0.05, 0) is 24.6 Å². The third-order valence-electron chi connectivity index (χ3n) is 1.98. The van der Waals surface area contributed by atoms with Gasteiger partial charge < -0.3 is 9.47 Å². The third-order valence-corrected chi connectivity index (χ3v) is 2.60. The molecule has 0 unspecified atom stereocenters. The Morgan fingerprint density at radius 1 is 1.47 bits per heavy atom. The predicted octanol–water partition coefficient (Wildman–Crippen LogP) is 3.22. The number of hydrogen-bond donors (Lipinski definition) is 0. The van der Waals surface area contributed by atoms with E-state index in [1.54, 1.807) is 19.1 Å². The van der Waals surface area contributed by atoms with Gasteiger partial charge in [-0.15, -0.1) is 0 Å². The van der Waals surface area contributed by atoms with E-state index in [1.165, 1.54) is 0 Å². The highest BCUT2D eigenvalue weighted by molar-refractivity contribution is 9.09. The molecule has 0 aromatic heterocycles. The summed E-state index contributed by atoms with van der Waals surface area (Å²) in [5, 5.41) is 1.25. The highest BCUT2D eigenvalue weighted by Crippen LogP contribution is 2.25. The molecule has 0 N–H and O–H groups in total. The Morgan fingerprint density at radius 2 is 2.24 bits per heavy atom. The highest BCUT2D eigenvalue weighted by Gasteiger charge is 2.07. The van der Waals surface area contributed by atoms with Gasteiger partial charge >= 0.3 is 5.97 Å². The molecule has 0 atom stereocenters. The fourth-order valence-electron chi connectivity index (χ4n) is 1.30. The second-order valence-corrected chi connectivity index (χ2v) is 4.48. The zero-order valence-corrected chi connectivity index (χ0v) is 11.9. The number of carbonyl (C=O) groups excluding carboxylic acids is 1. The molecule has 0 aliphatic heterocycles. The molecular weight excluding hydrogens is 307 g/mol. The first-order valence-corrected chi connectivity index (χ1v) is 6.80. The minimum atomic E-state index is -0.252. The van der Waals surface area contributed by atoms with Crippen molar-refractivity contribution in [3.8, 4) is 5.75 Å². The Labute approximate surface area is 114 Å². The van der Waals surface area contributed by atoms with Crippen LogP contribution in [0.2, 0.25) is 5.02 Å². The second kappa shape index (κ2) is 7.56. The van der Waals surface area contributed by atoms with Crippen LogP contribution in [0.5, 0.6) is 5.75 Å². The van der Waals surface area contributed by atoms with Crippen LogP contribution in [-0.2, 0) is 16.0 Å². The zero-order chi connectivity index (χ0) is 12.7. The fourth-order valence-corrected chi connectivity index (χ4v) is 1.72. The van der Waals surface area contributed by atoms with Crippen molar-refractivity contribution in [1.29, 1.82) is 0 Å². The van der Waals surface area contributed by atoms with E-state index in [9.17, 15) is 4.79 Å². The SMILES string of the molecule is CCOC(=O)Cc1ccc(OCCBr)c(Cl)c1. The number of ether oxygens (including phenoxy) is 2. The number of halogens is 2. The molecular formula is C12H14BrClO3. The molecule has 0 aliphatic carbocycles. The van der Waals surface area contributed by atoms with Gasteiger partial charge in [-0.1, -0.05) is 33.6 Å². The lowest BCUT2D eigenvalue weighted by molar-refractivity contribution is -0.142. The molecule has 0 bridgehead atoms. The molecule has 0 spiro atoms. The van der Waals surface area contributed by atoms with Crippen LogP contribution in [0.25, 0.3) is 0 Å². The molecule has 1 rings (SSSR count). The Balaban J connectivity index is 2.64. The molecule has 0 aliphatic rings. The quantitative estimate of drug-likeness (QED) is 0.596. The summed E-state index contributed by atoms with van der Waals surface area (Å²) in [6.45, 7) is 2.72. The molecule has 1 aromatic rings. The van der Waals surface area contributed by atoms with Crippen molar-refractivity contribution in [3.63, 3.8) is 0 Å². The van der Waals surface area contributed by atoms with Gasteiger partial charge in [0.05, 0.1) is 24.7 Å². The van der Waals surface area contributed by atoms with Crippen LogP contribution in [0.1, 0.15) is 12.5 Å². The van der Waals surface area contributed by atoms with E-state index in [1.807, 2.05) is 6.07 Å². The van der Waals surface area contributed by atoms with E-state index in [2.05, 4.69) is 15.9 Å². The molecule has 17 heavy (non-hydrogen) atoms. The number of hydrogen-bond acceptors (Lipinski definition) is 3. The van der Waals surface area contributed by atoms with Crippen molar-refractivity contribution in [2.45, 2.75) is 13.3 Å². The summed E-state index contributed by atoms with van der Waals surface area (Å²) in [5.41, 5.74) is 0.819. The number of benzene rings is 1. The average Bonchev–Trinajstić information content (AvgIpc) is 2.28. The summed E-state index contributed by atoms with van der Waals surface area (Å²) in [4.78, 5) is 11.3. The largest absolute Gasteiger partial charge is 0.491 e. The molecule has 0 fully saturated rings. The Morgan fingerprint density at radius 3 is 2.82 bits per heavy atom. The second-order valence-electron chi connectivity index (χ2n) is 3.28. The predicted molar refractivity (Wildman–Crippen MR) is 71.1 cm³/mol. The normalized spacial score (nSPS) is 10.1. The average molecular weight is 322 g/mol. The topological polar surface area (TPSA) is 35.5 Å². The van der Waals surface area contributed by atoms with E-state index in [0.29, 0.717) is 24.0 Å². The van der Waals surface area contributed by atoms with Crippen molar-refractivity contribution in [1.82, 2.24) is 0 Å². The first-order chi connectivity index (χ1) is 8.17. The van der Waals surface area contributed by atoms with Crippen molar-refractivity contribution in [2.24, 2.45) is 0 Å². The lowest BCUT2D eigenvalue weighted by Gasteiger charge is -2.08. The van der Waals surface area contributed by atoms with Crippen molar-refractivity contribution in [2.75, 3.05) is 18.5 Å². The Kier molecular flexibility index (Phi) is 6.37. The number of alkyl halides is 1. The molecule has 0 saturated carbocycles. The molecule has 0 heterocycles. The van der Waals surface area contributed by atoms with Crippen LogP contribution in [0.15, 0.2) is 18.2 Å². The first-order valence-electron chi connectivity index (χ1n) is 5.30. The van der Waals surface area contributed by atoms with E-state index in [4.69, 9.17) is 21.1 Å². The van der Waals surface area contributed by atoms with Crippen LogP contribution in [0.3, 0.4) is 0 Å². The number of rotatable bonds is 6. The standard InChI is InChI=1S/C12H14BrClO3/c1-2-16-12(15)8-9-3-4-11(10(14)7-9)17-6-5-13/h3-4,7H,2,5-6,8H2,1H3. The molecule has 0 saturated heterocycles. The van der Waals surface area contributed by atoms with Gasteiger partial charge in [0.1, 0.15) is 5.75 Å². The summed E-state index contributed by atoms with van der Waals surface area (Å²) in [6, 6.07) is 5.30. The van der Waals surface area contributed by atoms with E-state index >= 15 is 0 Å². The maximum absolute atomic E-state index is 11.3.